The maximum atomic E-state index is 12.1. The molecule has 1 aromatic rings. The molecule has 8 heteroatoms. The van der Waals surface area contributed by atoms with E-state index >= 15 is 0 Å². The molecule has 1 aromatic carbocycles. The first-order valence-corrected chi connectivity index (χ1v) is 9.87. The highest BCUT2D eigenvalue weighted by Crippen LogP contribution is 2.23. The van der Waals surface area contributed by atoms with Crippen LogP contribution in [0.25, 0.3) is 0 Å². The highest BCUT2D eigenvalue weighted by molar-refractivity contribution is 5.97. The van der Waals surface area contributed by atoms with E-state index in [-0.39, 0.29) is 12.6 Å². The number of benzene rings is 1. The van der Waals surface area contributed by atoms with Gasteiger partial charge in [0.25, 0.3) is 11.8 Å². The third-order valence-electron chi connectivity index (χ3n) is 5.21. The Morgan fingerprint density at radius 1 is 1.07 bits per heavy atom. The molecule has 2 atom stereocenters. The van der Waals surface area contributed by atoms with Crippen molar-refractivity contribution in [3.63, 3.8) is 0 Å². The van der Waals surface area contributed by atoms with Gasteiger partial charge in [0.2, 0.25) is 0 Å². The maximum Gasteiger partial charge on any atom is 0.325 e. The Morgan fingerprint density at radius 3 is 2.48 bits per heavy atom. The van der Waals surface area contributed by atoms with Crippen LogP contribution in [0.1, 0.15) is 54.1 Å². The van der Waals surface area contributed by atoms with Gasteiger partial charge in [0, 0.05) is 11.6 Å². The Bertz CT molecular complexity index is 778. The normalized spacial score (nSPS) is 18.4. The van der Waals surface area contributed by atoms with Crippen molar-refractivity contribution >= 4 is 23.8 Å². The van der Waals surface area contributed by atoms with Crippen LogP contribution in [0.5, 0.6) is 0 Å². The van der Waals surface area contributed by atoms with E-state index in [2.05, 4.69) is 22.9 Å². The Labute approximate surface area is 170 Å². The van der Waals surface area contributed by atoms with Crippen LogP contribution in [0.3, 0.4) is 0 Å². The Morgan fingerprint density at radius 2 is 1.79 bits per heavy atom. The molecule has 1 aliphatic carbocycles. The summed E-state index contributed by atoms with van der Waals surface area (Å²) in [4.78, 5) is 47.5. The van der Waals surface area contributed by atoms with Gasteiger partial charge < -0.3 is 15.4 Å². The number of nitrogens with one attached hydrogen (secondary N) is 3. The molecule has 8 nitrogen and oxygen atoms in total. The number of ether oxygens (including phenoxy) is 1. The maximum absolute atomic E-state index is 12.1. The lowest BCUT2D eigenvalue weighted by Crippen LogP contribution is -2.48. The second kappa shape index (κ2) is 10.6. The minimum atomic E-state index is -0.765. The first-order chi connectivity index (χ1) is 13.8. The van der Waals surface area contributed by atoms with Crippen LogP contribution in [0.15, 0.2) is 18.2 Å². The van der Waals surface area contributed by atoms with Crippen LogP contribution in [-0.2, 0) is 14.3 Å². The van der Waals surface area contributed by atoms with Gasteiger partial charge in [0.15, 0.2) is 6.61 Å². The summed E-state index contributed by atoms with van der Waals surface area (Å²) in [5, 5.41) is 7.38. The number of amides is 4. The summed E-state index contributed by atoms with van der Waals surface area (Å²) in [5.74, 6) is -1.53. The standard InChI is InChI=1S/C21H29N3O5/c1-13-8-9-16(10-15(13)3)20(27)22-11-19(26)29-12-18(25)24-21(28)23-17-7-5-4-6-14(17)2/h8-10,14,17H,4-7,11-12H2,1-3H3,(H,22,27)(H2,23,24,25,28)/t14-,17+/m1/s1. The van der Waals surface area contributed by atoms with Gasteiger partial charge in [0.1, 0.15) is 6.54 Å². The SMILES string of the molecule is Cc1ccc(C(=O)NCC(=O)OCC(=O)NC(=O)N[C@H]2CCCC[C@H]2C)cc1C. The first-order valence-electron chi connectivity index (χ1n) is 9.87. The molecule has 1 saturated carbocycles. The Balaban J connectivity index is 1.67. The third-order valence-corrected chi connectivity index (χ3v) is 5.21. The molecule has 0 aromatic heterocycles. The molecule has 1 fully saturated rings. The van der Waals surface area contributed by atoms with Gasteiger partial charge in [-0.25, -0.2) is 4.79 Å². The molecule has 0 radical (unpaired) electrons. The average molecular weight is 403 g/mol. The minimum Gasteiger partial charge on any atom is -0.454 e. The summed E-state index contributed by atoms with van der Waals surface area (Å²) >= 11 is 0. The van der Waals surface area contributed by atoms with Gasteiger partial charge in [-0.3, -0.25) is 19.7 Å². The number of esters is 1. The lowest BCUT2D eigenvalue weighted by molar-refractivity contribution is -0.147. The molecule has 29 heavy (non-hydrogen) atoms. The Hall–Kier alpha value is -2.90. The molecule has 2 rings (SSSR count). The molecule has 1 aliphatic rings. The molecular weight excluding hydrogens is 374 g/mol. The molecule has 0 heterocycles. The van der Waals surface area contributed by atoms with Crippen LogP contribution >= 0.6 is 0 Å². The smallest absolute Gasteiger partial charge is 0.325 e. The summed E-state index contributed by atoms with van der Waals surface area (Å²) in [7, 11) is 0. The van der Waals surface area contributed by atoms with Crippen molar-refractivity contribution in [3.8, 4) is 0 Å². The van der Waals surface area contributed by atoms with Crippen molar-refractivity contribution in [1.82, 2.24) is 16.0 Å². The van der Waals surface area contributed by atoms with Crippen molar-refractivity contribution < 1.29 is 23.9 Å². The summed E-state index contributed by atoms with van der Waals surface area (Å²) in [6.07, 6.45) is 4.13. The van der Waals surface area contributed by atoms with Gasteiger partial charge in [0.05, 0.1) is 0 Å². The van der Waals surface area contributed by atoms with Crippen LogP contribution in [-0.4, -0.2) is 43.0 Å². The molecule has 4 amide bonds. The van der Waals surface area contributed by atoms with E-state index in [1.54, 1.807) is 12.1 Å². The topological polar surface area (TPSA) is 114 Å². The van der Waals surface area contributed by atoms with E-state index in [0.29, 0.717) is 11.5 Å². The number of carbonyl (C=O) groups excluding carboxylic acids is 4. The number of urea groups is 1. The van der Waals surface area contributed by atoms with E-state index in [1.807, 2.05) is 19.9 Å². The van der Waals surface area contributed by atoms with Crippen molar-refractivity contribution in [1.29, 1.82) is 0 Å². The zero-order chi connectivity index (χ0) is 21.4. The number of aryl methyl sites for hydroxylation is 2. The predicted molar refractivity (Wildman–Crippen MR) is 107 cm³/mol. The fourth-order valence-corrected chi connectivity index (χ4v) is 3.23. The fraction of sp³-hybridized carbons (Fsp3) is 0.524. The van der Waals surface area contributed by atoms with E-state index in [0.717, 1.165) is 36.8 Å². The third kappa shape index (κ3) is 7.21. The molecule has 158 valence electrons. The zero-order valence-electron chi connectivity index (χ0n) is 17.2. The minimum absolute atomic E-state index is 0.0414. The number of carbonyl (C=O) groups is 4. The van der Waals surface area contributed by atoms with Gasteiger partial charge in [-0.2, -0.15) is 0 Å². The molecule has 0 bridgehead atoms. The predicted octanol–water partition coefficient (Wildman–Crippen LogP) is 1.98. The highest BCUT2D eigenvalue weighted by atomic mass is 16.5. The summed E-state index contributed by atoms with van der Waals surface area (Å²) < 4.78 is 4.80. The van der Waals surface area contributed by atoms with E-state index in [4.69, 9.17) is 4.74 Å². The van der Waals surface area contributed by atoms with Gasteiger partial charge in [-0.15, -0.1) is 0 Å². The quantitative estimate of drug-likeness (QED) is 0.629. The first kappa shape index (κ1) is 22.4. The van der Waals surface area contributed by atoms with E-state index in [1.165, 1.54) is 0 Å². The summed E-state index contributed by atoms with van der Waals surface area (Å²) in [5.41, 5.74) is 2.47. The summed E-state index contributed by atoms with van der Waals surface area (Å²) in [6, 6.07) is 4.68. The van der Waals surface area contributed by atoms with Gasteiger partial charge in [-0.05, 0) is 55.9 Å². The molecule has 3 N–H and O–H groups in total. The van der Waals surface area contributed by atoms with E-state index in [9.17, 15) is 19.2 Å². The fourth-order valence-electron chi connectivity index (χ4n) is 3.23. The van der Waals surface area contributed by atoms with Crippen molar-refractivity contribution in [2.24, 2.45) is 5.92 Å². The van der Waals surface area contributed by atoms with Crippen molar-refractivity contribution in [2.45, 2.75) is 52.5 Å². The number of hydrogen-bond acceptors (Lipinski definition) is 5. The van der Waals surface area contributed by atoms with Crippen LogP contribution in [0.2, 0.25) is 0 Å². The second-order valence-electron chi connectivity index (χ2n) is 7.53. The molecule has 0 unspecified atom stereocenters. The average Bonchev–Trinajstić information content (AvgIpc) is 2.68. The molecule has 0 saturated heterocycles. The van der Waals surface area contributed by atoms with Crippen molar-refractivity contribution in [3.05, 3.63) is 34.9 Å². The highest BCUT2D eigenvalue weighted by Gasteiger charge is 2.23. The zero-order valence-corrected chi connectivity index (χ0v) is 17.2. The van der Waals surface area contributed by atoms with Crippen LogP contribution < -0.4 is 16.0 Å². The monoisotopic (exact) mass is 403 g/mol. The van der Waals surface area contributed by atoms with Gasteiger partial charge in [-0.1, -0.05) is 25.8 Å². The Kier molecular flexibility index (Phi) is 8.18. The van der Waals surface area contributed by atoms with Crippen LogP contribution in [0.4, 0.5) is 4.79 Å². The lowest BCUT2D eigenvalue weighted by Gasteiger charge is -2.29. The molecular formula is C21H29N3O5. The second-order valence-corrected chi connectivity index (χ2v) is 7.53. The van der Waals surface area contributed by atoms with Crippen molar-refractivity contribution in [2.75, 3.05) is 13.2 Å². The molecule has 0 aliphatic heterocycles. The number of rotatable bonds is 6. The lowest BCUT2D eigenvalue weighted by atomic mass is 9.86. The molecule has 0 spiro atoms. The number of imide groups is 1. The largest absolute Gasteiger partial charge is 0.454 e. The van der Waals surface area contributed by atoms with E-state index < -0.39 is 30.4 Å². The van der Waals surface area contributed by atoms with Gasteiger partial charge >= 0.3 is 12.0 Å². The number of hydrogen-bond donors (Lipinski definition) is 3. The summed E-state index contributed by atoms with van der Waals surface area (Å²) in [6.45, 7) is 4.94. The van der Waals surface area contributed by atoms with Crippen LogP contribution in [0, 0.1) is 19.8 Å².